The van der Waals surface area contributed by atoms with Crippen LogP contribution < -0.4 is 10.3 Å². The maximum atomic E-state index is 13.2. The first-order valence-electron chi connectivity index (χ1n) is 7.37. The van der Waals surface area contributed by atoms with E-state index in [-0.39, 0.29) is 10.9 Å². The number of aromatic nitrogens is 1. The molecule has 2 aromatic carbocycles. The van der Waals surface area contributed by atoms with Crippen LogP contribution in [0.25, 0.3) is 16.6 Å². The minimum absolute atomic E-state index is 0.0218. The maximum absolute atomic E-state index is 13.2. The van der Waals surface area contributed by atoms with E-state index in [4.69, 9.17) is 4.74 Å². The van der Waals surface area contributed by atoms with Crippen molar-refractivity contribution in [2.24, 2.45) is 0 Å². The Kier molecular flexibility index (Phi) is 4.05. The van der Waals surface area contributed by atoms with Gasteiger partial charge in [0.05, 0.1) is 23.4 Å². The molecule has 0 bridgehead atoms. The van der Waals surface area contributed by atoms with Crippen LogP contribution >= 0.6 is 0 Å². The number of pyridine rings is 1. The summed E-state index contributed by atoms with van der Waals surface area (Å²) >= 11 is 0. The molecule has 0 radical (unpaired) electrons. The number of hydrogen-bond acceptors (Lipinski definition) is 2. The van der Waals surface area contributed by atoms with E-state index in [0.717, 1.165) is 0 Å². The fourth-order valence-electron chi connectivity index (χ4n) is 2.66. The summed E-state index contributed by atoms with van der Waals surface area (Å²) in [6, 6.07) is 13.3. The highest BCUT2D eigenvalue weighted by Gasteiger charge is 2.33. The van der Waals surface area contributed by atoms with E-state index in [1.807, 2.05) is 6.92 Å². The van der Waals surface area contributed by atoms with Crippen LogP contribution in [-0.2, 0) is 6.18 Å². The first-order chi connectivity index (χ1) is 11.4. The molecule has 0 saturated carbocycles. The molecule has 0 unspecified atom stereocenters. The van der Waals surface area contributed by atoms with Gasteiger partial charge in [-0.3, -0.25) is 9.36 Å². The zero-order chi connectivity index (χ0) is 17.3. The number of fused-ring (bicyclic) bond motifs is 1. The summed E-state index contributed by atoms with van der Waals surface area (Å²) in [5.74, 6) is 0.547. The fourth-order valence-corrected chi connectivity index (χ4v) is 2.66. The van der Waals surface area contributed by atoms with Crippen LogP contribution in [0.1, 0.15) is 12.5 Å². The molecule has 3 aromatic rings. The molecule has 1 heterocycles. The summed E-state index contributed by atoms with van der Waals surface area (Å²) in [4.78, 5) is 12.4. The van der Waals surface area contributed by atoms with E-state index in [1.165, 1.54) is 22.8 Å². The molecule has 3 nitrogen and oxygen atoms in total. The van der Waals surface area contributed by atoms with Crippen molar-refractivity contribution in [2.45, 2.75) is 13.1 Å². The lowest BCUT2D eigenvalue weighted by atomic mass is 10.1. The number of para-hydroxylation sites is 1. The molecule has 0 spiro atoms. The number of alkyl halides is 3. The largest absolute Gasteiger partial charge is 0.494 e. The summed E-state index contributed by atoms with van der Waals surface area (Å²) in [6.07, 6.45) is -4.59. The van der Waals surface area contributed by atoms with Gasteiger partial charge in [-0.15, -0.1) is 0 Å². The minimum Gasteiger partial charge on any atom is -0.494 e. The molecule has 1 aromatic heterocycles. The van der Waals surface area contributed by atoms with Gasteiger partial charge < -0.3 is 4.74 Å². The van der Waals surface area contributed by atoms with Gasteiger partial charge in [-0.1, -0.05) is 24.3 Å². The standard InChI is InChI=1S/C18H14F3NO2/c1-2-24-13-7-5-6-12(10-13)22-16-9-4-3-8-14(16)15(11-17(22)23)18(19,20)21/h3-11H,2H2,1H3. The normalized spacial score (nSPS) is 11.7. The predicted octanol–water partition coefficient (Wildman–Crippen LogP) is 4.41. The SMILES string of the molecule is CCOc1cccc(-n2c(=O)cc(C(F)(F)F)c3ccccc32)c1. The second-order valence-electron chi connectivity index (χ2n) is 5.18. The Morgan fingerprint density at radius 1 is 1.04 bits per heavy atom. The molecular weight excluding hydrogens is 319 g/mol. The number of benzene rings is 2. The molecule has 0 aliphatic carbocycles. The summed E-state index contributed by atoms with van der Waals surface area (Å²) in [5, 5.41) is -0.0218. The highest BCUT2D eigenvalue weighted by atomic mass is 19.4. The van der Waals surface area contributed by atoms with Crippen LogP contribution in [0, 0.1) is 0 Å². The van der Waals surface area contributed by atoms with Gasteiger partial charge in [0.15, 0.2) is 0 Å². The molecule has 24 heavy (non-hydrogen) atoms. The van der Waals surface area contributed by atoms with Gasteiger partial charge in [-0.25, -0.2) is 0 Å². The number of hydrogen-bond donors (Lipinski definition) is 0. The molecule has 124 valence electrons. The van der Waals surface area contributed by atoms with Crippen LogP contribution in [-0.4, -0.2) is 11.2 Å². The molecule has 0 saturated heterocycles. The highest BCUT2D eigenvalue weighted by molar-refractivity contribution is 5.84. The van der Waals surface area contributed by atoms with Gasteiger partial charge in [0.1, 0.15) is 5.75 Å². The second kappa shape index (κ2) is 6.03. The van der Waals surface area contributed by atoms with E-state index < -0.39 is 17.3 Å². The van der Waals surface area contributed by atoms with Crippen molar-refractivity contribution >= 4 is 10.9 Å². The topological polar surface area (TPSA) is 31.2 Å². The number of nitrogens with zero attached hydrogens (tertiary/aromatic N) is 1. The van der Waals surface area contributed by atoms with E-state index in [2.05, 4.69) is 0 Å². The lowest BCUT2D eigenvalue weighted by Gasteiger charge is -2.16. The Labute approximate surface area is 135 Å². The van der Waals surface area contributed by atoms with Crippen LogP contribution in [0.3, 0.4) is 0 Å². The van der Waals surface area contributed by atoms with Crippen molar-refractivity contribution in [2.75, 3.05) is 6.61 Å². The Bertz CT molecular complexity index is 945. The third-order valence-corrected chi connectivity index (χ3v) is 3.62. The molecule has 0 atom stereocenters. The van der Waals surface area contributed by atoms with Gasteiger partial charge in [-0.05, 0) is 25.1 Å². The second-order valence-corrected chi connectivity index (χ2v) is 5.18. The first-order valence-corrected chi connectivity index (χ1v) is 7.37. The van der Waals surface area contributed by atoms with E-state index >= 15 is 0 Å². The molecular formula is C18H14F3NO2. The number of ether oxygens (including phenoxy) is 1. The molecule has 0 N–H and O–H groups in total. The quantitative estimate of drug-likeness (QED) is 0.711. The van der Waals surface area contributed by atoms with Gasteiger partial charge in [0.2, 0.25) is 0 Å². The smallest absolute Gasteiger partial charge is 0.417 e. The summed E-state index contributed by atoms with van der Waals surface area (Å²) in [6.45, 7) is 2.28. The zero-order valence-electron chi connectivity index (χ0n) is 12.8. The predicted molar refractivity (Wildman–Crippen MR) is 85.7 cm³/mol. The zero-order valence-corrected chi connectivity index (χ0v) is 12.8. The summed E-state index contributed by atoms with van der Waals surface area (Å²) in [5.41, 5.74) is -1.02. The lowest BCUT2D eigenvalue weighted by Crippen LogP contribution is -2.22. The maximum Gasteiger partial charge on any atom is 0.417 e. The van der Waals surface area contributed by atoms with Crippen molar-refractivity contribution in [3.8, 4) is 11.4 Å². The van der Waals surface area contributed by atoms with Crippen molar-refractivity contribution in [3.05, 3.63) is 70.5 Å². The van der Waals surface area contributed by atoms with E-state index in [9.17, 15) is 18.0 Å². The molecule has 6 heteroatoms. The average Bonchev–Trinajstić information content (AvgIpc) is 2.54. The Morgan fingerprint density at radius 2 is 1.79 bits per heavy atom. The Morgan fingerprint density at radius 3 is 2.50 bits per heavy atom. The van der Waals surface area contributed by atoms with Crippen molar-refractivity contribution in [1.82, 2.24) is 4.57 Å². The van der Waals surface area contributed by atoms with Crippen LogP contribution in [0.2, 0.25) is 0 Å². The fraction of sp³-hybridized carbons (Fsp3) is 0.167. The van der Waals surface area contributed by atoms with Crippen LogP contribution in [0.4, 0.5) is 13.2 Å². The van der Waals surface area contributed by atoms with Crippen molar-refractivity contribution in [1.29, 1.82) is 0 Å². The van der Waals surface area contributed by atoms with E-state index in [0.29, 0.717) is 24.1 Å². The minimum atomic E-state index is -4.59. The van der Waals surface area contributed by atoms with Crippen LogP contribution in [0.5, 0.6) is 5.75 Å². The number of rotatable bonds is 3. The van der Waals surface area contributed by atoms with E-state index in [1.54, 1.807) is 30.3 Å². The molecule has 0 aliphatic heterocycles. The molecule has 3 rings (SSSR count). The summed E-state index contributed by atoms with van der Waals surface area (Å²) in [7, 11) is 0. The van der Waals surface area contributed by atoms with Gasteiger partial charge in [-0.2, -0.15) is 13.2 Å². The van der Waals surface area contributed by atoms with Gasteiger partial charge in [0, 0.05) is 17.5 Å². The Balaban J connectivity index is 2.32. The average molecular weight is 333 g/mol. The third-order valence-electron chi connectivity index (χ3n) is 3.62. The summed E-state index contributed by atoms with van der Waals surface area (Å²) < 4.78 is 46.3. The Hall–Kier alpha value is -2.76. The third kappa shape index (κ3) is 2.87. The molecule has 0 fully saturated rings. The molecule has 0 aliphatic rings. The monoisotopic (exact) mass is 333 g/mol. The van der Waals surface area contributed by atoms with Crippen LogP contribution in [0.15, 0.2) is 59.4 Å². The highest BCUT2D eigenvalue weighted by Crippen LogP contribution is 2.34. The number of halogens is 3. The van der Waals surface area contributed by atoms with Crippen molar-refractivity contribution < 1.29 is 17.9 Å². The lowest BCUT2D eigenvalue weighted by molar-refractivity contribution is -0.136. The van der Waals surface area contributed by atoms with Crippen molar-refractivity contribution in [3.63, 3.8) is 0 Å². The van der Waals surface area contributed by atoms with Gasteiger partial charge in [0.25, 0.3) is 5.56 Å². The molecule has 0 amide bonds. The first kappa shape index (κ1) is 16.1. The van der Waals surface area contributed by atoms with Gasteiger partial charge >= 0.3 is 6.18 Å².